The number of benzene rings is 2. The number of carbonyl (C=O) groups is 3. The predicted molar refractivity (Wildman–Crippen MR) is 124 cm³/mol. The van der Waals surface area contributed by atoms with Gasteiger partial charge in [0.25, 0.3) is 11.8 Å². The average Bonchev–Trinajstić information content (AvgIpc) is 3.52. The van der Waals surface area contributed by atoms with Gasteiger partial charge in [0, 0.05) is 17.8 Å². The maximum atomic E-state index is 12.8. The van der Waals surface area contributed by atoms with E-state index in [4.69, 9.17) is 4.74 Å². The summed E-state index contributed by atoms with van der Waals surface area (Å²) in [5.74, 6) is -0.0431. The van der Waals surface area contributed by atoms with Crippen molar-refractivity contribution in [3.8, 4) is 5.75 Å². The zero-order chi connectivity index (χ0) is 22.5. The van der Waals surface area contributed by atoms with E-state index in [1.807, 2.05) is 23.6 Å². The van der Waals surface area contributed by atoms with Gasteiger partial charge in [-0.2, -0.15) is 0 Å². The molecule has 1 aromatic heterocycles. The van der Waals surface area contributed by atoms with E-state index in [9.17, 15) is 14.4 Å². The maximum Gasteiger partial charge on any atom is 0.264 e. The Hall–Kier alpha value is -3.65. The number of carbonyl (C=O) groups excluding carboxylic acids is 3. The minimum atomic E-state index is -0.502. The molecule has 0 unspecified atom stereocenters. The summed E-state index contributed by atoms with van der Waals surface area (Å²) in [4.78, 5) is 40.4. The summed E-state index contributed by atoms with van der Waals surface area (Å²) in [5, 5.41) is 7.54. The molecule has 8 heteroatoms. The number of anilines is 2. The molecule has 2 N–H and O–H groups in total. The largest absolute Gasteiger partial charge is 0.495 e. The van der Waals surface area contributed by atoms with Crippen LogP contribution in [0, 0.1) is 0 Å². The van der Waals surface area contributed by atoms with Crippen molar-refractivity contribution in [3.05, 3.63) is 76.5 Å². The van der Waals surface area contributed by atoms with Crippen LogP contribution in [0.2, 0.25) is 0 Å². The van der Waals surface area contributed by atoms with Crippen molar-refractivity contribution in [2.24, 2.45) is 0 Å². The van der Waals surface area contributed by atoms with E-state index in [0.717, 1.165) is 6.42 Å². The summed E-state index contributed by atoms with van der Waals surface area (Å²) in [5.41, 5.74) is 1.60. The molecule has 1 aliphatic heterocycles. The minimum absolute atomic E-state index is 0.110. The van der Waals surface area contributed by atoms with Gasteiger partial charge < -0.3 is 20.3 Å². The van der Waals surface area contributed by atoms with E-state index in [1.54, 1.807) is 54.5 Å². The number of ether oxygens (including phenoxy) is 1. The molecule has 0 radical (unpaired) electrons. The van der Waals surface area contributed by atoms with Gasteiger partial charge in [-0.25, -0.2) is 0 Å². The molecular weight excluding hydrogens is 426 g/mol. The van der Waals surface area contributed by atoms with Crippen molar-refractivity contribution < 1.29 is 19.1 Å². The zero-order valence-electron chi connectivity index (χ0n) is 17.5. The lowest BCUT2D eigenvalue weighted by Gasteiger charge is -2.23. The van der Waals surface area contributed by atoms with Crippen LogP contribution in [0.4, 0.5) is 11.4 Å². The van der Waals surface area contributed by atoms with Gasteiger partial charge in [0.1, 0.15) is 11.8 Å². The predicted octanol–water partition coefficient (Wildman–Crippen LogP) is 4.25. The van der Waals surface area contributed by atoms with Crippen molar-refractivity contribution in [1.29, 1.82) is 0 Å². The van der Waals surface area contributed by atoms with Crippen molar-refractivity contribution >= 4 is 40.4 Å². The third kappa shape index (κ3) is 4.65. The first-order valence-corrected chi connectivity index (χ1v) is 11.1. The molecule has 3 aromatic rings. The third-order valence-electron chi connectivity index (χ3n) is 5.32. The monoisotopic (exact) mass is 449 g/mol. The van der Waals surface area contributed by atoms with Crippen molar-refractivity contribution in [2.75, 3.05) is 24.3 Å². The van der Waals surface area contributed by atoms with E-state index in [2.05, 4.69) is 10.6 Å². The lowest BCUT2D eigenvalue weighted by atomic mass is 10.1. The Bertz CT molecular complexity index is 1110. The highest BCUT2D eigenvalue weighted by Gasteiger charge is 2.34. The third-order valence-corrected chi connectivity index (χ3v) is 6.18. The van der Waals surface area contributed by atoms with E-state index in [1.165, 1.54) is 11.3 Å². The van der Waals surface area contributed by atoms with Crippen LogP contribution in [0.5, 0.6) is 5.75 Å². The van der Waals surface area contributed by atoms with Crippen molar-refractivity contribution in [1.82, 2.24) is 4.90 Å². The van der Waals surface area contributed by atoms with Gasteiger partial charge in [0.2, 0.25) is 5.91 Å². The quantitative estimate of drug-likeness (QED) is 0.589. The summed E-state index contributed by atoms with van der Waals surface area (Å²) in [6, 6.07) is 16.9. The van der Waals surface area contributed by atoms with E-state index in [-0.39, 0.29) is 17.7 Å². The molecule has 2 aromatic carbocycles. The molecule has 0 bridgehead atoms. The fourth-order valence-corrected chi connectivity index (χ4v) is 4.38. The van der Waals surface area contributed by atoms with Crippen LogP contribution >= 0.6 is 11.3 Å². The van der Waals surface area contributed by atoms with Crippen molar-refractivity contribution in [3.63, 3.8) is 0 Å². The zero-order valence-corrected chi connectivity index (χ0v) is 18.4. The Morgan fingerprint density at radius 1 is 1.00 bits per heavy atom. The second-order valence-electron chi connectivity index (χ2n) is 7.35. The summed E-state index contributed by atoms with van der Waals surface area (Å²) in [6.45, 7) is 0.566. The molecule has 7 nitrogen and oxygen atoms in total. The van der Waals surface area contributed by atoms with Crippen LogP contribution in [0.1, 0.15) is 32.9 Å². The molecule has 1 aliphatic rings. The second kappa shape index (κ2) is 9.65. The Labute approximate surface area is 190 Å². The highest BCUT2D eigenvalue weighted by molar-refractivity contribution is 7.12. The highest BCUT2D eigenvalue weighted by Crippen LogP contribution is 2.25. The molecule has 1 saturated heterocycles. The Kier molecular flexibility index (Phi) is 6.51. The van der Waals surface area contributed by atoms with Crippen molar-refractivity contribution in [2.45, 2.75) is 18.9 Å². The van der Waals surface area contributed by atoms with Crippen LogP contribution in [-0.2, 0) is 4.79 Å². The maximum absolute atomic E-state index is 12.8. The molecule has 164 valence electrons. The first kappa shape index (κ1) is 21.6. The van der Waals surface area contributed by atoms with Gasteiger partial charge in [0.05, 0.1) is 17.7 Å². The normalized spacial score (nSPS) is 15.3. The summed E-state index contributed by atoms with van der Waals surface area (Å²) in [6.07, 6.45) is 1.42. The number of para-hydroxylation sites is 2. The first-order chi connectivity index (χ1) is 15.6. The number of rotatable bonds is 6. The van der Waals surface area contributed by atoms with E-state index in [0.29, 0.717) is 40.5 Å². The van der Waals surface area contributed by atoms with E-state index >= 15 is 0 Å². The molecule has 2 heterocycles. The molecular formula is C24H23N3O4S. The highest BCUT2D eigenvalue weighted by atomic mass is 32.1. The standard InChI is InChI=1S/C24H23N3O4S/c1-31-20-8-3-2-6-18(20)26-22(28)16-10-12-17(13-11-16)25-23(29)19-7-4-14-27(19)24(30)21-9-5-15-32-21/h2-3,5-6,8-13,15,19H,4,7,14H2,1H3,(H,25,29)(H,26,28)/t19-/m0/s1. The number of amides is 3. The molecule has 0 spiro atoms. The van der Waals surface area contributed by atoms with Gasteiger partial charge >= 0.3 is 0 Å². The molecule has 3 amide bonds. The van der Waals surface area contributed by atoms with Gasteiger partial charge in [0.15, 0.2) is 0 Å². The van der Waals surface area contributed by atoms with Crippen LogP contribution in [-0.4, -0.2) is 42.3 Å². The topological polar surface area (TPSA) is 87.7 Å². The Morgan fingerprint density at radius 3 is 2.50 bits per heavy atom. The minimum Gasteiger partial charge on any atom is -0.495 e. The number of nitrogens with one attached hydrogen (secondary N) is 2. The summed E-state index contributed by atoms with van der Waals surface area (Å²) >= 11 is 1.37. The number of thiophene rings is 1. The van der Waals surface area contributed by atoms with Crippen LogP contribution < -0.4 is 15.4 Å². The Morgan fingerprint density at radius 2 is 1.78 bits per heavy atom. The Balaban J connectivity index is 1.39. The fraction of sp³-hybridized carbons (Fsp3) is 0.208. The summed E-state index contributed by atoms with van der Waals surface area (Å²) < 4.78 is 5.25. The molecule has 32 heavy (non-hydrogen) atoms. The molecule has 1 fully saturated rings. The van der Waals surface area contributed by atoms with Gasteiger partial charge in [-0.05, 0) is 60.7 Å². The number of nitrogens with zero attached hydrogens (tertiary/aromatic N) is 1. The lowest BCUT2D eigenvalue weighted by molar-refractivity contribution is -0.119. The molecule has 1 atom stereocenters. The van der Waals surface area contributed by atoms with Gasteiger partial charge in [-0.3, -0.25) is 14.4 Å². The van der Waals surface area contributed by atoms with E-state index < -0.39 is 6.04 Å². The fourth-order valence-electron chi connectivity index (χ4n) is 3.70. The number of methoxy groups -OCH3 is 1. The molecule has 0 saturated carbocycles. The molecule has 4 rings (SSSR count). The smallest absolute Gasteiger partial charge is 0.264 e. The number of likely N-dealkylation sites (tertiary alicyclic amines) is 1. The first-order valence-electron chi connectivity index (χ1n) is 10.3. The number of hydrogen-bond donors (Lipinski definition) is 2. The van der Waals surface area contributed by atoms with Crippen LogP contribution in [0.15, 0.2) is 66.0 Å². The summed E-state index contributed by atoms with van der Waals surface area (Å²) in [7, 11) is 1.54. The van der Waals surface area contributed by atoms with Crippen LogP contribution in [0.3, 0.4) is 0 Å². The SMILES string of the molecule is COc1ccccc1NC(=O)c1ccc(NC(=O)[C@@H]2CCCN2C(=O)c2cccs2)cc1. The van der Waals surface area contributed by atoms with Crippen LogP contribution in [0.25, 0.3) is 0 Å². The van der Waals surface area contributed by atoms with Gasteiger partial charge in [-0.15, -0.1) is 11.3 Å². The number of hydrogen-bond acceptors (Lipinski definition) is 5. The average molecular weight is 450 g/mol. The second-order valence-corrected chi connectivity index (χ2v) is 8.30. The van der Waals surface area contributed by atoms with Gasteiger partial charge in [-0.1, -0.05) is 18.2 Å². The molecule has 0 aliphatic carbocycles. The lowest BCUT2D eigenvalue weighted by Crippen LogP contribution is -2.42.